The molecule has 0 bridgehead atoms. The van der Waals surface area contributed by atoms with Crippen LogP contribution in [0.5, 0.6) is 0 Å². The number of aromatic nitrogens is 2. The van der Waals surface area contributed by atoms with Gasteiger partial charge < -0.3 is 4.42 Å². The normalized spacial score (nSPS) is 11.9. The molecule has 196 valence electrons. The van der Waals surface area contributed by atoms with Crippen molar-refractivity contribution in [1.82, 2.24) is 9.97 Å². The highest BCUT2D eigenvalue weighted by Gasteiger charge is 2.17. The second kappa shape index (κ2) is 8.73. The van der Waals surface area contributed by atoms with E-state index in [0.29, 0.717) is 0 Å². The van der Waals surface area contributed by atoms with Crippen molar-refractivity contribution < 1.29 is 4.42 Å². The summed E-state index contributed by atoms with van der Waals surface area (Å²) >= 11 is 0. The molecule has 0 aliphatic carbocycles. The van der Waals surface area contributed by atoms with E-state index in [4.69, 9.17) is 14.4 Å². The molecule has 0 atom stereocenters. The van der Waals surface area contributed by atoms with Crippen molar-refractivity contribution in [2.45, 2.75) is 6.92 Å². The standard InChI is InChI=1S/C39H24N2O/c1-23-19-25(28-15-8-16-33-36-27-10-3-2-9-24(27)17-18-35(36)42-39(28)33)21-26(20-23)34-22-40-37-31-13-6-4-11-29(31)30-12-5-7-14-32(30)38(37)41-34/h2-22H,1H3. The number of hydrogen-bond donors (Lipinski definition) is 0. The Hall–Kier alpha value is -5.54. The predicted molar refractivity (Wildman–Crippen MR) is 175 cm³/mol. The first-order valence-corrected chi connectivity index (χ1v) is 14.2. The van der Waals surface area contributed by atoms with Crippen LogP contribution >= 0.6 is 0 Å². The number of nitrogens with zero attached hydrogens (tertiary/aromatic N) is 2. The topological polar surface area (TPSA) is 38.9 Å². The summed E-state index contributed by atoms with van der Waals surface area (Å²) in [6.07, 6.45) is 1.91. The van der Waals surface area contributed by atoms with Gasteiger partial charge in [-0.1, -0.05) is 103 Å². The van der Waals surface area contributed by atoms with Gasteiger partial charge in [0.25, 0.3) is 0 Å². The van der Waals surface area contributed by atoms with Crippen LogP contribution in [0, 0.1) is 6.92 Å². The summed E-state index contributed by atoms with van der Waals surface area (Å²) in [5.41, 5.74) is 8.90. The molecule has 2 heterocycles. The highest BCUT2D eigenvalue weighted by Crippen LogP contribution is 2.40. The lowest BCUT2D eigenvalue weighted by atomic mass is 9.96. The Morgan fingerprint density at radius 1 is 0.548 bits per heavy atom. The molecule has 0 aliphatic rings. The molecule has 9 aromatic rings. The fourth-order valence-corrected chi connectivity index (χ4v) is 6.64. The molecular formula is C39H24N2O. The quantitative estimate of drug-likeness (QED) is 0.206. The van der Waals surface area contributed by atoms with Crippen LogP contribution in [-0.2, 0) is 0 Å². The van der Waals surface area contributed by atoms with Crippen LogP contribution in [0.15, 0.2) is 132 Å². The molecular weight excluding hydrogens is 512 g/mol. The van der Waals surface area contributed by atoms with Gasteiger partial charge >= 0.3 is 0 Å². The number of furan rings is 1. The van der Waals surface area contributed by atoms with Gasteiger partial charge in [0.2, 0.25) is 0 Å². The van der Waals surface area contributed by atoms with Crippen molar-refractivity contribution in [3.8, 4) is 22.4 Å². The first-order chi connectivity index (χ1) is 20.7. The zero-order valence-electron chi connectivity index (χ0n) is 22.9. The molecule has 0 radical (unpaired) electrons. The Labute approximate surface area is 241 Å². The number of para-hydroxylation sites is 1. The van der Waals surface area contributed by atoms with E-state index in [9.17, 15) is 0 Å². The van der Waals surface area contributed by atoms with Crippen molar-refractivity contribution >= 4 is 65.3 Å². The van der Waals surface area contributed by atoms with Crippen LogP contribution in [-0.4, -0.2) is 9.97 Å². The molecule has 7 aromatic carbocycles. The molecule has 0 N–H and O–H groups in total. The van der Waals surface area contributed by atoms with Gasteiger partial charge in [-0.2, -0.15) is 0 Å². The third kappa shape index (κ3) is 3.34. The maximum Gasteiger partial charge on any atom is 0.143 e. The lowest BCUT2D eigenvalue weighted by Gasteiger charge is -2.12. The monoisotopic (exact) mass is 536 g/mol. The Kier molecular flexibility index (Phi) is 4.82. The van der Waals surface area contributed by atoms with Crippen LogP contribution < -0.4 is 0 Å². The molecule has 0 fully saturated rings. The minimum Gasteiger partial charge on any atom is -0.455 e. The summed E-state index contributed by atoms with van der Waals surface area (Å²) in [5, 5.41) is 9.36. The summed E-state index contributed by atoms with van der Waals surface area (Å²) in [6.45, 7) is 2.14. The zero-order chi connectivity index (χ0) is 27.8. The minimum atomic E-state index is 0.857. The molecule has 0 unspecified atom stereocenters. The van der Waals surface area contributed by atoms with Gasteiger partial charge in [-0.3, -0.25) is 4.98 Å². The molecule has 9 rings (SSSR count). The molecule has 0 spiro atoms. The SMILES string of the molecule is Cc1cc(-c2cnc3c4ccccc4c4ccccc4c3n2)cc(-c2cccc3c2oc2ccc4ccccc4c23)c1. The van der Waals surface area contributed by atoms with Crippen LogP contribution in [0.3, 0.4) is 0 Å². The molecule has 0 saturated heterocycles. The van der Waals surface area contributed by atoms with Gasteiger partial charge in [0.05, 0.1) is 22.9 Å². The Bertz CT molecular complexity index is 2510. The van der Waals surface area contributed by atoms with Crippen molar-refractivity contribution in [2.75, 3.05) is 0 Å². The van der Waals surface area contributed by atoms with E-state index >= 15 is 0 Å². The third-order valence-electron chi connectivity index (χ3n) is 8.50. The van der Waals surface area contributed by atoms with Crippen LogP contribution in [0.4, 0.5) is 0 Å². The number of hydrogen-bond acceptors (Lipinski definition) is 3. The second-order valence-corrected chi connectivity index (χ2v) is 11.1. The summed E-state index contributed by atoms with van der Waals surface area (Å²) in [7, 11) is 0. The fraction of sp³-hybridized carbons (Fsp3) is 0.0256. The Morgan fingerprint density at radius 2 is 1.21 bits per heavy atom. The van der Waals surface area contributed by atoms with Crippen molar-refractivity contribution in [1.29, 1.82) is 0 Å². The molecule has 2 aromatic heterocycles. The predicted octanol–water partition coefficient (Wildman–Crippen LogP) is 10.6. The van der Waals surface area contributed by atoms with E-state index in [1.54, 1.807) is 0 Å². The first-order valence-electron chi connectivity index (χ1n) is 14.2. The van der Waals surface area contributed by atoms with Gasteiger partial charge in [-0.25, -0.2) is 4.98 Å². The van der Waals surface area contributed by atoms with E-state index in [0.717, 1.165) is 71.7 Å². The van der Waals surface area contributed by atoms with Crippen molar-refractivity contribution in [3.05, 3.63) is 133 Å². The highest BCUT2D eigenvalue weighted by atomic mass is 16.3. The molecule has 0 saturated carbocycles. The fourth-order valence-electron chi connectivity index (χ4n) is 6.64. The van der Waals surface area contributed by atoms with Crippen LogP contribution in [0.25, 0.3) is 87.7 Å². The van der Waals surface area contributed by atoms with E-state index in [1.165, 1.54) is 21.5 Å². The molecule has 0 amide bonds. The zero-order valence-corrected chi connectivity index (χ0v) is 22.9. The van der Waals surface area contributed by atoms with Crippen molar-refractivity contribution in [2.24, 2.45) is 0 Å². The van der Waals surface area contributed by atoms with Crippen LogP contribution in [0.1, 0.15) is 5.56 Å². The van der Waals surface area contributed by atoms with Gasteiger partial charge in [-0.05, 0) is 57.8 Å². The Morgan fingerprint density at radius 3 is 2.02 bits per heavy atom. The second-order valence-electron chi connectivity index (χ2n) is 11.1. The van der Waals surface area contributed by atoms with Gasteiger partial charge in [0.15, 0.2) is 0 Å². The summed E-state index contributed by atoms with van der Waals surface area (Å²) in [4.78, 5) is 10.2. The number of aryl methyl sites for hydroxylation is 1. The maximum atomic E-state index is 6.55. The Balaban J connectivity index is 1.27. The van der Waals surface area contributed by atoms with Crippen molar-refractivity contribution in [3.63, 3.8) is 0 Å². The van der Waals surface area contributed by atoms with E-state index in [2.05, 4.69) is 128 Å². The van der Waals surface area contributed by atoms with E-state index < -0.39 is 0 Å². The summed E-state index contributed by atoms with van der Waals surface area (Å²) in [5.74, 6) is 0. The number of benzene rings is 7. The molecule has 42 heavy (non-hydrogen) atoms. The summed E-state index contributed by atoms with van der Waals surface area (Å²) in [6, 6.07) is 42.7. The number of rotatable bonds is 2. The molecule has 3 nitrogen and oxygen atoms in total. The maximum absolute atomic E-state index is 6.55. The largest absolute Gasteiger partial charge is 0.455 e. The minimum absolute atomic E-state index is 0.857. The average Bonchev–Trinajstić information content (AvgIpc) is 3.44. The van der Waals surface area contributed by atoms with Gasteiger partial charge in [0.1, 0.15) is 11.2 Å². The van der Waals surface area contributed by atoms with Crippen LogP contribution in [0.2, 0.25) is 0 Å². The lowest BCUT2D eigenvalue weighted by Crippen LogP contribution is -1.93. The van der Waals surface area contributed by atoms with Gasteiger partial charge in [-0.15, -0.1) is 0 Å². The average molecular weight is 537 g/mol. The third-order valence-corrected chi connectivity index (χ3v) is 8.50. The molecule has 0 aliphatic heterocycles. The number of fused-ring (bicyclic) bond motifs is 11. The first kappa shape index (κ1) is 23.2. The molecule has 3 heteroatoms. The highest BCUT2D eigenvalue weighted by molar-refractivity contribution is 6.23. The van der Waals surface area contributed by atoms with E-state index in [-0.39, 0.29) is 0 Å². The summed E-state index contributed by atoms with van der Waals surface area (Å²) < 4.78 is 6.55. The smallest absolute Gasteiger partial charge is 0.143 e. The van der Waals surface area contributed by atoms with E-state index in [1.807, 2.05) is 6.20 Å². The lowest BCUT2D eigenvalue weighted by molar-refractivity contribution is 0.670. The van der Waals surface area contributed by atoms with Gasteiger partial charge in [0, 0.05) is 32.7 Å².